The molecule has 1 aromatic carbocycles. The molecule has 3 rings (SSSR count). The van der Waals surface area contributed by atoms with Gasteiger partial charge in [0.05, 0.1) is 5.69 Å². The summed E-state index contributed by atoms with van der Waals surface area (Å²) in [4.78, 5) is 12.1. The second-order valence-electron chi connectivity index (χ2n) is 5.34. The van der Waals surface area contributed by atoms with Crippen molar-refractivity contribution in [2.24, 2.45) is 0 Å². The van der Waals surface area contributed by atoms with E-state index in [1.807, 2.05) is 18.2 Å². The van der Waals surface area contributed by atoms with Gasteiger partial charge in [0.1, 0.15) is 11.5 Å². The molecule has 0 saturated heterocycles. The van der Waals surface area contributed by atoms with E-state index in [4.69, 9.17) is 4.42 Å². The lowest BCUT2D eigenvalue weighted by Crippen LogP contribution is -2.10. The number of aromatic amines is 1. The summed E-state index contributed by atoms with van der Waals surface area (Å²) < 4.78 is 27.7. The first-order chi connectivity index (χ1) is 11.4. The number of furan rings is 1. The maximum absolute atomic E-state index is 12.1. The summed E-state index contributed by atoms with van der Waals surface area (Å²) in [5, 5.41) is 9.45. The molecular formula is C16H15N3O4S. The Hall–Kier alpha value is -2.87. The summed E-state index contributed by atoms with van der Waals surface area (Å²) in [7, 11) is -3.21. The Bertz CT molecular complexity index is 942. The molecule has 0 radical (unpaired) electrons. The van der Waals surface area contributed by atoms with Crippen molar-refractivity contribution in [1.82, 2.24) is 10.2 Å². The first-order valence-corrected chi connectivity index (χ1v) is 9.14. The van der Waals surface area contributed by atoms with Crippen LogP contribution in [0, 0.1) is 0 Å². The molecule has 0 fully saturated rings. The number of rotatable bonds is 5. The van der Waals surface area contributed by atoms with E-state index in [0.29, 0.717) is 5.69 Å². The van der Waals surface area contributed by atoms with Crippen molar-refractivity contribution >= 4 is 21.4 Å². The molecule has 0 spiro atoms. The minimum Gasteiger partial charge on any atom is -0.455 e. The summed E-state index contributed by atoms with van der Waals surface area (Å²) in [6.45, 7) is 0. The number of aromatic nitrogens is 2. The number of carbonyl (C=O) groups is 1. The second-order valence-corrected chi connectivity index (χ2v) is 7.48. The van der Waals surface area contributed by atoms with Gasteiger partial charge in [-0.25, -0.2) is 8.42 Å². The summed E-state index contributed by atoms with van der Waals surface area (Å²) in [6.07, 6.45) is 2.77. The van der Waals surface area contributed by atoms with Gasteiger partial charge >= 0.3 is 0 Å². The van der Waals surface area contributed by atoms with Gasteiger partial charge in [0.25, 0.3) is 5.91 Å². The van der Waals surface area contributed by atoms with Crippen LogP contribution in [-0.4, -0.2) is 30.8 Å². The summed E-state index contributed by atoms with van der Waals surface area (Å²) >= 11 is 0. The normalized spacial score (nSPS) is 11.4. The highest BCUT2D eigenvalue weighted by molar-refractivity contribution is 7.89. The van der Waals surface area contributed by atoms with E-state index in [2.05, 4.69) is 15.5 Å². The Kier molecular flexibility index (Phi) is 4.22. The number of hydrogen-bond acceptors (Lipinski definition) is 5. The van der Waals surface area contributed by atoms with Gasteiger partial charge < -0.3 is 9.73 Å². The highest BCUT2D eigenvalue weighted by atomic mass is 32.2. The van der Waals surface area contributed by atoms with Gasteiger partial charge in [-0.3, -0.25) is 9.89 Å². The van der Waals surface area contributed by atoms with Crippen molar-refractivity contribution in [3.05, 3.63) is 60.2 Å². The van der Waals surface area contributed by atoms with Gasteiger partial charge in [-0.05, 0) is 35.9 Å². The topological polar surface area (TPSA) is 105 Å². The molecule has 7 nitrogen and oxygen atoms in total. The van der Waals surface area contributed by atoms with Crippen LogP contribution in [0.1, 0.15) is 16.3 Å². The molecule has 0 unspecified atom stereocenters. The molecule has 1 amide bonds. The second kappa shape index (κ2) is 6.32. The quantitative estimate of drug-likeness (QED) is 0.739. The number of anilines is 1. The van der Waals surface area contributed by atoms with E-state index in [1.54, 1.807) is 18.3 Å². The standard InChI is InChI=1S/C16H15N3O4S/c1-24(21,22)10-13-6-7-15(23-13)16(20)18-12-4-2-11(3-5-12)14-8-9-17-19-14/h2-9H,10H2,1H3,(H,17,19)(H,18,20). The Balaban J connectivity index is 1.68. The van der Waals surface area contributed by atoms with Crippen molar-refractivity contribution in [2.75, 3.05) is 11.6 Å². The van der Waals surface area contributed by atoms with E-state index in [1.165, 1.54) is 12.1 Å². The molecule has 8 heteroatoms. The molecule has 2 aromatic heterocycles. The number of H-pyrrole nitrogens is 1. The fourth-order valence-corrected chi connectivity index (χ4v) is 2.85. The highest BCUT2D eigenvalue weighted by Gasteiger charge is 2.14. The van der Waals surface area contributed by atoms with Crippen LogP contribution in [-0.2, 0) is 15.6 Å². The zero-order valence-corrected chi connectivity index (χ0v) is 13.6. The van der Waals surface area contributed by atoms with Gasteiger partial charge in [0, 0.05) is 18.1 Å². The van der Waals surface area contributed by atoms with Crippen molar-refractivity contribution in [2.45, 2.75) is 5.75 Å². The van der Waals surface area contributed by atoms with Gasteiger partial charge in [-0.2, -0.15) is 5.10 Å². The molecule has 0 aliphatic carbocycles. The lowest BCUT2D eigenvalue weighted by atomic mass is 10.1. The molecule has 2 N–H and O–H groups in total. The lowest BCUT2D eigenvalue weighted by Gasteiger charge is -2.04. The monoisotopic (exact) mass is 345 g/mol. The third kappa shape index (κ3) is 3.90. The molecule has 24 heavy (non-hydrogen) atoms. The molecule has 124 valence electrons. The van der Waals surface area contributed by atoms with Gasteiger partial charge in [-0.15, -0.1) is 0 Å². The van der Waals surface area contributed by atoms with E-state index in [-0.39, 0.29) is 17.3 Å². The van der Waals surface area contributed by atoms with Crippen LogP contribution >= 0.6 is 0 Å². The third-order valence-corrected chi connectivity index (χ3v) is 4.05. The molecule has 0 aliphatic heterocycles. The number of hydrogen-bond donors (Lipinski definition) is 2. The summed E-state index contributed by atoms with van der Waals surface area (Å²) in [5.41, 5.74) is 2.42. The zero-order valence-electron chi connectivity index (χ0n) is 12.8. The molecule has 0 bridgehead atoms. The van der Waals surface area contributed by atoms with Crippen LogP contribution in [0.2, 0.25) is 0 Å². The number of sulfone groups is 1. The number of benzene rings is 1. The minimum atomic E-state index is -3.21. The Morgan fingerprint density at radius 3 is 2.54 bits per heavy atom. The fourth-order valence-electron chi connectivity index (χ4n) is 2.18. The van der Waals surface area contributed by atoms with E-state index >= 15 is 0 Å². The predicted octanol–water partition coefficient (Wildman–Crippen LogP) is 2.47. The van der Waals surface area contributed by atoms with Gasteiger partial charge in [-0.1, -0.05) is 12.1 Å². The SMILES string of the molecule is CS(=O)(=O)Cc1ccc(C(=O)Nc2ccc(-c3ccn[nH]3)cc2)o1. The number of amides is 1. The third-order valence-electron chi connectivity index (χ3n) is 3.24. The van der Waals surface area contributed by atoms with Crippen molar-refractivity contribution < 1.29 is 17.6 Å². The largest absolute Gasteiger partial charge is 0.455 e. The highest BCUT2D eigenvalue weighted by Crippen LogP contribution is 2.20. The first kappa shape index (κ1) is 16.0. The van der Waals surface area contributed by atoms with E-state index in [0.717, 1.165) is 17.5 Å². The Morgan fingerprint density at radius 1 is 1.17 bits per heavy atom. The summed E-state index contributed by atoms with van der Waals surface area (Å²) in [6, 6.07) is 12.0. The van der Waals surface area contributed by atoms with E-state index < -0.39 is 15.7 Å². The summed E-state index contributed by atoms with van der Waals surface area (Å²) in [5.74, 6) is -0.383. The van der Waals surface area contributed by atoms with Crippen LogP contribution in [0.3, 0.4) is 0 Å². The van der Waals surface area contributed by atoms with Crippen LogP contribution in [0.15, 0.2) is 53.1 Å². The number of nitrogens with one attached hydrogen (secondary N) is 2. The fraction of sp³-hybridized carbons (Fsp3) is 0.125. The smallest absolute Gasteiger partial charge is 0.291 e. The van der Waals surface area contributed by atoms with Crippen LogP contribution in [0.5, 0.6) is 0 Å². The molecule has 0 saturated carbocycles. The van der Waals surface area contributed by atoms with Crippen LogP contribution in [0.25, 0.3) is 11.3 Å². The molecular weight excluding hydrogens is 330 g/mol. The van der Waals surface area contributed by atoms with Crippen molar-refractivity contribution in [1.29, 1.82) is 0 Å². The number of carbonyl (C=O) groups excluding carboxylic acids is 1. The molecule has 0 atom stereocenters. The average molecular weight is 345 g/mol. The van der Waals surface area contributed by atoms with Crippen molar-refractivity contribution in [3.63, 3.8) is 0 Å². The van der Waals surface area contributed by atoms with Crippen molar-refractivity contribution in [3.8, 4) is 11.3 Å². The molecule has 3 aromatic rings. The lowest BCUT2D eigenvalue weighted by molar-refractivity contribution is 0.0995. The average Bonchev–Trinajstić information content (AvgIpc) is 3.17. The zero-order chi connectivity index (χ0) is 17.2. The van der Waals surface area contributed by atoms with E-state index in [9.17, 15) is 13.2 Å². The minimum absolute atomic E-state index is 0.0614. The van der Waals surface area contributed by atoms with Crippen LogP contribution < -0.4 is 5.32 Å². The Morgan fingerprint density at radius 2 is 1.92 bits per heavy atom. The van der Waals surface area contributed by atoms with Gasteiger partial charge in [0.2, 0.25) is 0 Å². The predicted molar refractivity (Wildman–Crippen MR) is 89.2 cm³/mol. The maximum atomic E-state index is 12.1. The molecule has 0 aliphatic rings. The van der Waals surface area contributed by atoms with Crippen LogP contribution in [0.4, 0.5) is 5.69 Å². The Labute approximate surface area is 138 Å². The first-order valence-electron chi connectivity index (χ1n) is 7.08. The number of nitrogens with zero attached hydrogens (tertiary/aromatic N) is 1. The van der Waals surface area contributed by atoms with Gasteiger partial charge in [0.15, 0.2) is 15.6 Å². The maximum Gasteiger partial charge on any atom is 0.291 e. The molecule has 2 heterocycles.